The minimum atomic E-state index is 0.219. The van der Waals surface area contributed by atoms with E-state index in [0.29, 0.717) is 5.41 Å². The number of hydrogen-bond donors (Lipinski definition) is 1. The minimum Gasteiger partial charge on any atom is -0.370 e. The number of aliphatic imine (C=N–C) groups is 1. The van der Waals surface area contributed by atoms with E-state index in [1.54, 1.807) is 0 Å². The van der Waals surface area contributed by atoms with Crippen LogP contribution in [0.4, 0.5) is 0 Å². The number of nitrogens with zero attached hydrogens (tertiary/aromatic N) is 2. The average molecular weight is 181 g/mol. The van der Waals surface area contributed by atoms with E-state index in [1.807, 2.05) is 0 Å². The van der Waals surface area contributed by atoms with Crippen LogP contribution in [-0.4, -0.2) is 30.0 Å². The second-order valence-electron chi connectivity index (χ2n) is 5.00. The summed E-state index contributed by atoms with van der Waals surface area (Å²) in [7, 11) is 2.08. The van der Waals surface area contributed by atoms with Crippen molar-refractivity contribution in [1.82, 2.24) is 4.90 Å². The summed E-state index contributed by atoms with van der Waals surface area (Å²) in [5, 5.41) is 0. The molecule has 1 atom stereocenters. The zero-order valence-electron chi connectivity index (χ0n) is 8.80. The van der Waals surface area contributed by atoms with Crippen LogP contribution in [0.25, 0.3) is 0 Å². The SMILES string of the molecule is CN1C(N)=NCC12CCCC2(C)C. The molecule has 0 bridgehead atoms. The molecule has 1 fully saturated rings. The molecule has 13 heavy (non-hydrogen) atoms. The van der Waals surface area contributed by atoms with Crippen LogP contribution >= 0.6 is 0 Å². The average Bonchev–Trinajstić information content (AvgIpc) is 2.49. The van der Waals surface area contributed by atoms with Crippen LogP contribution in [0.1, 0.15) is 33.1 Å². The van der Waals surface area contributed by atoms with Crippen LogP contribution in [0.15, 0.2) is 4.99 Å². The second kappa shape index (κ2) is 2.40. The Morgan fingerprint density at radius 2 is 2.08 bits per heavy atom. The van der Waals surface area contributed by atoms with Crippen LogP contribution < -0.4 is 5.73 Å². The molecule has 0 radical (unpaired) electrons. The molecule has 0 amide bonds. The van der Waals surface area contributed by atoms with E-state index < -0.39 is 0 Å². The van der Waals surface area contributed by atoms with Crippen molar-refractivity contribution in [2.24, 2.45) is 16.1 Å². The molecular formula is C10H19N3. The lowest BCUT2D eigenvalue weighted by Crippen LogP contribution is -2.55. The molecule has 1 aliphatic carbocycles. The highest BCUT2D eigenvalue weighted by atomic mass is 15.3. The van der Waals surface area contributed by atoms with Gasteiger partial charge in [-0.3, -0.25) is 4.99 Å². The first-order chi connectivity index (χ1) is 6.00. The first-order valence-electron chi connectivity index (χ1n) is 5.03. The third kappa shape index (κ3) is 0.930. The maximum atomic E-state index is 5.83. The molecule has 0 aromatic rings. The quantitative estimate of drug-likeness (QED) is 0.610. The first-order valence-corrected chi connectivity index (χ1v) is 5.03. The summed E-state index contributed by atoms with van der Waals surface area (Å²) in [5.74, 6) is 0.718. The Kier molecular flexibility index (Phi) is 1.63. The normalized spacial score (nSPS) is 37.2. The predicted molar refractivity (Wildman–Crippen MR) is 54.6 cm³/mol. The van der Waals surface area contributed by atoms with E-state index in [4.69, 9.17) is 5.73 Å². The maximum absolute atomic E-state index is 5.83. The first kappa shape index (κ1) is 8.85. The van der Waals surface area contributed by atoms with Crippen molar-refractivity contribution < 1.29 is 0 Å². The monoisotopic (exact) mass is 181 g/mol. The third-order valence-electron chi connectivity index (χ3n) is 4.14. The second-order valence-corrected chi connectivity index (χ2v) is 5.00. The van der Waals surface area contributed by atoms with E-state index in [-0.39, 0.29) is 5.54 Å². The van der Waals surface area contributed by atoms with Gasteiger partial charge in [0.05, 0.1) is 12.1 Å². The van der Waals surface area contributed by atoms with Gasteiger partial charge in [-0.25, -0.2) is 0 Å². The van der Waals surface area contributed by atoms with Gasteiger partial charge in [0.1, 0.15) is 0 Å². The fourth-order valence-corrected chi connectivity index (χ4v) is 2.95. The number of nitrogens with two attached hydrogens (primary N) is 1. The van der Waals surface area contributed by atoms with Crippen LogP contribution in [0.3, 0.4) is 0 Å². The standard InChI is InChI=1S/C10H19N3/c1-9(2)5-4-6-10(9)7-12-8(11)13(10)3/h4-7H2,1-3H3,(H2,11,12). The summed E-state index contributed by atoms with van der Waals surface area (Å²) in [5.41, 5.74) is 6.40. The van der Waals surface area contributed by atoms with Gasteiger partial charge in [-0.15, -0.1) is 0 Å². The number of hydrogen-bond acceptors (Lipinski definition) is 3. The molecule has 3 heteroatoms. The molecule has 1 aliphatic heterocycles. The summed E-state index contributed by atoms with van der Waals surface area (Å²) in [6.07, 6.45) is 3.83. The van der Waals surface area contributed by atoms with Gasteiger partial charge in [-0.05, 0) is 18.3 Å². The van der Waals surface area contributed by atoms with Crippen LogP contribution in [0.5, 0.6) is 0 Å². The number of guanidine groups is 1. The van der Waals surface area contributed by atoms with Crippen LogP contribution in [0, 0.1) is 5.41 Å². The Labute approximate surface area is 80.0 Å². The van der Waals surface area contributed by atoms with Crippen molar-refractivity contribution in [3.63, 3.8) is 0 Å². The van der Waals surface area contributed by atoms with E-state index in [0.717, 1.165) is 12.5 Å². The van der Waals surface area contributed by atoms with Gasteiger partial charge in [0.2, 0.25) is 0 Å². The fraction of sp³-hybridized carbons (Fsp3) is 0.900. The Morgan fingerprint density at radius 3 is 2.46 bits per heavy atom. The van der Waals surface area contributed by atoms with Gasteiger partial charge in [-0.2, -0.15) is 0 Å². The molecular weight excluding hydrogens is 162 g/mol. The highest BCUT2D eigenvalue weighted by Crippen LogP contribution is 2.50. The van der Waals surface area contributed by atoms with Crippen molar-refractivity contribution in [2.75, 3.05) is 13.6 Å². The van der Waals surface area contributed by atoms with Gasteiger partial charge in [0.15, 0.2) is 5.96 Å². The molecule has 0 aromatic heterocycles. The Bertz CT molecular complexity index is 257. The van der Waals surface area contributed by atoms with Gasteiger partial charge in [0.25, 0.3) is 0 Å². The summed E-state index contributed by atoms with van der Waals surface area (Å²) >= 11 is 0. The topological polar surface area (TPSA) is 41.6 Å². The summed E-state index contributed by atoms with van der Waals surface area (Å²) < 4.78 is 0. The molecule has 1 heterocycles. The number of rotatable bonds is 0. The van der Waals surface area contributed by atoms with Crippen LogP contribution in [-0.2, 0) is 0 Å². The summed E-state index contributed by atoms with van der Waals surface area (Å²) in [6.45, 7) is 5.57. The predicted octanol–water partition coefficient (Wildman–Crippen LogP) is 1.20. The summed E-state index contributed by atoms with van der Waals surface area (Å²) in [6, 6.07) is 0. The molecule has 2 rings (SSSR count). The van der Waals surface area contributed by atoms with Crippen molar-refractivity contribution in [3.05, 3.63) is 0 Å². The van der Waals surface area contributed by atoms with Gasteiger partial charge < -0.3 is 10.6 Å². The molecule has 1 spiro atoms. The maximum Gasteiger partial charge on any atom is 0.191 e. The Morgan fingerprint density at radius 1 is 1.38 bits per heavy atom. The zero-order valence-corrected chi connectivity index (χ0v) is 8.80. The molecule has 2 N–H and O–H groups in total. The van der Waals surface area contributed by atoms with E-state index in [2.05, 4.69) is 30.8 Å². The van der Waals surface area contributed by atoms with Crippen molar-refractivity contribution >= 4 is 5.96 Å². The summed E-state index contributed by atoms with van der Waals surface area (Å²) in [4.78, 5) is 6.56. The van der Waals surface area contributed by atoms with Crippen molar-refractivity contribution in [1.29, 1.82) is 0 Å². The lowest BCUT2D eigenvalue weighted by atomic mass is 9.74. The van der Waals surface area contributed by atoms with E-state index >= 15 is 0 Å². The number of likely N-dealkylation sites (N-methyl/N-ethyl adjacent to an activating group) is 1. The van der Waals surface area contributed by atoms with Gasteiger partial charge in [-0.1, -0.05) is 20.3 Å². The Balaban J connectivity index is 2.33. The fourth-order valence-electron chi connectivity index (χ4n) is 2.95. The van der Waals surface area contributed by atoms with E-state index in [1.165, 1.54) is 19.3 Å². The van der Waals surface area contributed by atoms with Gasteiger partial charge >= 0.3 is 0 Å². The molecule has 0 aromatic carbocycles. The van der Waals surface area contributed by atoms with Crippen LogP contribution in [0.2, 0.25) is 0 Å². The highest BCUT2D eigenvalue weighted by molar-refractivity contribution is 5.81. The van der Waals surface area contributed by atoms with Gasteiger partial charge in [0, 0.05) is 7.05 Å². The zero-order chi connectivity index (χ0) is 9.69. The highest BCUT2D eigenvalue weighted by Gasteiger charge is 2.54. The van der Waals surface area contributed by atoms with Crippen molar-refractivity contribution in [2.45, 2.75) is 38.6 Å². The van der Waals surface area contributed by atoms with Crippen molar-refractivity contribution in [3.8, 4) is 0 Å². The molecule has 74 valence electrons. The van der Waals surface area contributed by atoms with E-state index in [9.17, 15) is 0 Å². The third-order valence-corrected chi connectivity index (χ3v) is 4.14. The smallest absolute Gasteiger partial charge is 0.191 e. The lowest BCUT2D eigenvalue weighted by Gasteiger charge is -2.43. The Hall–Kier alpha value is -0.730. The lowest BCUT2D eigenvalue weighted by molar-refractivity contribution is 0.103. The molecule has 1 saturated carbocycles. The molecule has 1 unspecified atom stereocenters. The molecule has 3 nitrogen and oxygen atoms in total. The minimum absolute atomic E-state index is 0.219. The largest absolute Gasteiger partial charge is 0.370 e. The molecule has 2 aliphatic rings. The molecule has 0 saturated heterocycles.